The average molecular weight is 340 g/mol. The van der Waals surface area contributed by atoms with Crippen molar-refractivity contribution < 1.29 is 8.42 Å². The first kappa shape index (κ1) is 16.1. The third kappa shape index (κ3) is 3.88. The van der Waals surface area contributed by atoms with Crippen molar-refractivity contribution in [3.63, 3.8) is 0 Å². The number of hydrogen-bond donors (Lipinski definition) is 2. The summed E-state index contributed by atoms with van der Waals surface area (Å²) in [7, 11) is -3.53. The van der Waals surface area contributed by atoms with Gasteiger partial charge < -0.3 is 5.73 Å². The van der Waals surface area contributed by atoms with Gasteiger partial charge in [-0.15, -0.1) is 11.3 Å². The van der Waals surface area contributed by atoms with E-state index in [9.17, 15) is 8.42 Å². The SMILES string of the molecule is Cc1cc(CNS(=O)(=O)c2ccc(C(N)=S)cc2)sc1C. The van der Waals surface area contributed by atoms with Crippen LogP contribution in [0.2, 0.25) is 0 Å². The van der Waals surface area contributed by atoms with Crippen molar-refractivity contribution in [1.82, 2.24) is 4.72 Å². The van der Waals surface area contributed by atoms with Gasteiger partial charge in [0.25, 0.3) is 0 Å². The molecule has 1 aromatic heterocycles. The molecule has 7 heteroatoms. The zero-order valence-corrected chi connectivity index (χ0v) is 14.2. The molecule has 3 N–H and O–H groups in total. The number of sulfonamides is 1. The molecule has 1 aromatic carbocycles. The number of hydrogen-bond acceptors (Lipinski definition) is 4. The minimum absolute atomic E-state index is 0.201. The van der Waals surface area contributed by atoms with Gasteiger partial charge in [0.15, 0.2) is 0 Å². The van der Waals surface area contributed by atoms with Gasteiger partial charge in [0.05, 0.1) is 4.90 Å². The van der Waals surface area contributed by atoms with E-state index in [4.69, 9.17) is 18.0 Å². The van der Waals surface area contributed by atoms with Gasteiger partial charge >= 0.3 is 0 Å². The molecule has 0 aliphatic carbocycles. The molecule has 0 amide bonds. The Morgan fingerprint density at radius 3 is 2.38 bits per heavy atom. The van der Waals surface area contributed by atoms with Crippen LogP contribution < -0.4 is 10.5 Å². The van der Waals surface area contributed by atoms with Crippen LogP contribution in [0.5, 0.6) is 0 Å². The van der Waals surface area contributed by atoms with E-state index in [-0.39, 0.29) is 9.88 Å². The van der Waals surface area contributed by atoms with Crippen LogP contribution in [-0.2, 0) is 16.6 Å². The first-order chi connectivity index (χ1) is 9.79. The number of rotatable bonds is 5. The standard InChI is InChI=1S/C14H16N2O2S3/c1-9-7-12(20-10(9)2)8-16-21(17,18)13-5-3-11(4-6-13)14(15)19/h3-7,16H,8H2,1-2H3,(H2,15,19). The van der Waals surface area contributed by atoms with Gasteiger partial charge in [0.1, 0.15) is 4.99 Å². The third-order valence-corrected chi connectivity index (χ3v) is 5.91. The average Bonchev–Trinajstić information content (AvgIpc) is 2.76. The molecule has 2 aromatic rings. The molecule has 0 saturated carbocycles. The Kier molecular flexibility index (Phi) is 4.77. The van der Waals surface area contributed by atoms with Gasteiger partial charge in [-0.25, -0.2) is 13.1 Å². The number of thiocarbonyl (C=S) groups is 1. The van der Waals surface area contributed by atoms with E-state index in [1.165, 1.54) is 22.6 Å². The van der Waals surface area contributed by atoms with E-state index >= 15 is 0 Å². The van der Waals surface area contributed by atoms with Gasteiger partial charge in [-0.2, -0.15) is 0 Å². The molecule has 0 fully saturated rings. The monoisotopic (exact) mass is 340 g/mol. The second-order valence-corrected chi connectivity index (χ2v) is 8.21. The van der Waals surface area contributed by atoms with Crippen LogP contribution in [-0.4, -0.2) is 13.4 Å². The molecule has 4 nitrogen and oxygen atoms in total. The van der Waals surface area contributed by atoms with E-state index in [2.05, 4.69) is 4.72 Å². The lowest BCUT2D eigenvalue weighted by molar-refractivity contribution is 0.582. The van der Waals surface area contributed by atoms with Crippen LogP contribution in [0.15, 0.2) is 35.2 Å². The Hall–Kier alpha value is -1.28. The van der Waals surface area contributed by atoms with E-state index in [1.54, 1.807) is 23.5 Å². The summed E-state index contributed by atoms with van der Waals surface area (Å²) in [5.74, 6) is 0. The first-order valence-corrected chi connectivity index (χ1v) is 8.96. The minimum Gasteiger partial charge on any atom is -0.389 e. The van der Waals surface area contributed by atoms with Crippen LogP contribution in [0, 0.1) is 13.8 Å². The number of benzene rings is 1. The molecule has 0 radical (unpaired) electrons. The maximum atomic E-state index is 12.2. The minimum atomic E-state index is -3.53. The Labute approximate surface area is 134 Å². The summed E-state index contributed by atoms with van der Waals surface area (Å²) in [4.78, 5) is 2.64. The number of nitrogens with one attached hydrogen (secondary N) is 1. The quantitative estimate of drug-likeness (QED) is 0.820. The Morgan fingerprint density at radius 1 is 1.29 bits per heavy atom. The van der Waals surface area contributed by atoms with Gasteiger partial charge in [0, 0.05) is 21.9 Å². The van der Waals surface area contributed by atoms with Crippen LogP contribution >= 0.6 is 23.6 Å². The highest BCUT2D eigenvalue weighted by Crippen LogP contribution is 2.21. The zero-order chi connectivity index (χ0) is 15.6. The lowest BCUT2D eigenvalue weighted by atomic mass is 10.2. The molecular weight excluding hydrogens is 324 g/mol. The van der Waals surface area contributed by atoms with Gasteiger partial charge in [-0.05, 0) is 37.6 Å². The third-order valence-electron chi connectivity index (χ3n) is 3.10. The summed E-state index contributed by atoms with van der Waals surface area (Å²) >= 11 is 6.44. The molecule has 21 heavy (non-hydrogen) atoms. The highest BCUT2D eigenvalue weighted by molar-refractivity contribution is 7.89. The molecule has 0 unspecified atom stereocenters. The van der Waals surface area contributed by atoms with Crippen LogP contribution in [0.4, 0.5) is 0 Å². The molecule has 2 rings (SSSR count). The van der Waals surface area contributed by atoms with Gasteiger partial charge in [-0.1, -0.05) is 24.4 Å². The summed E-state index contributed by atoms with van der Waals surface area (Å²) in [5.41, 5.74) is 7.31. The molecule has 1 heterocycles. The highest BCUT2D eigenvalue weighted by Gasteiger charge is 2.14. The number of aryl methyl sites for hydroxylation is 2. The Balaban J connectivity index is 2.12. The molecular formula is C14H16N2O2S3. The normalized spacial score (nSPS) is 11.5. The topological polar surface area (TPSA) is 72.2 Å². The van der Waals surface area contributed by atoms with Crippen molar-refractivity contribution >= 4 is 38.6 Å². The largest absolute Gasteiger partial charge is 0.389 e. The van der Waals surface area contributed by atoms with Gasteiger partial charge in [-0.3, -0.25) is 0 Å². The van der Waals surface area contributed by atoms with Crippen molar-refractivity contribution in [3.8, 4) is 0 Å². The molecule has 0 aliphatic rings. The van der Waals surface area contributed by atoms with Crippen molar-refractivity contribution in [1.29, 1.82) is 0 Å². The predicted molar refractivity (Wildman–Crippen MR) is 90.1 cm³/mol. The second-order valence-electron chi connectivity index (χ2n) is 4.67. The van der Waals surface area contributed by atoms with Gasteiger partial charge in [0.2, 0.25) is 10.0 Å². The fourth-order valence-corrected chi connectivity index (χ4v) is 4.01. The molecule has 0 saturated heterocycles. The van der Waals surface area contributed by atoms with Crippen molar-refractivity contribution in [2.45, 2.75) is 25.3 Å². The lowest BCUT2D eigenvalue weighted by Crippen LogP contribution is -2.23. The van der Waals surface area contributed by atoms with Crippen molar-refractivity contribution in [3.05, 3.63) is 51.2 Å². The molecule has 112 valence electrons. The Morgan fingerprint density at radius 2 is 1.90 bits per heavy atom. The fraction of sp³-hybridized carbons (Fsp3) is 0.214. The zero-order valence-electron chi connectivity index (χ0n) is 11.7. The summed E-state index contributed by atoms with van der Waals surface area (Å²) in [5, 5.41) is 0. The summed E-state index contributed by atoms with van der Waals surface area (Å²) in [6, 6.07) is 8.22. The molecule has 0 bridgehead atoms. The van der Waals surface area contributed by atoms with Crippen LogP contribution in [0.1, 0.15) is 20.9 Å². The van der Waals surface area contributed by atoms with E-state index in [0.29, 0.717) is 12.1 Å². The maximum Gasteiger partial charge on any atom is 0.240 e. The van der Waals surface area contributed by atoms with Crippen LogP contribution in [0.25, 0.3) is 0 Å². The number of nitrogens with two attached hydrogens (primary N) is 1. The lowest BCUT2D eigenvalue weighted by Gasteiger charge is -2.06. The molecule has 0 aliphatic heterocycles. The molecule has 0 atom stereocenters. The van der Waals surface area contributed by atoms with Crippen molar-refractivity contribution in [2.75, 3.05) is 0 Å². The smallest absolute Gasteiger partial charge is 0.240 e. The Bertz CT molecular complexity index is 743. The fourth-order valence-electron chi connectivity index (χ4n) is 1.78. The van der Waals surface area contributed by atoms with Crippen LogP contribution in [0.3, 0.4) is 0 Å². The molecule has 0 spiro atoms. The number of thiophene rings is 1. The first-order valence-electron chi connectivity index (χ1n) is 6.25. The van der Waals surface area contributed by atoms with E-state index < -0.39 is 10.0 Å². The highest BCUT2D eigenvalue weighted by atomic mass is 32.2. The maximum absolute atomic E-state index is 12.2. The predicted octanol–water partition coefficient (Wildman–Crippen LogP) is 2.48. The summed E-state index contributed by atoms with van der Waals surface area (Å²) < 4.78 is 27.0. The summed E-state index contributed by atoms with van der Waals surface area (Å²) in [6.07, 6.45) is 0. The second kappa shape index (κ2) is 6.23. The summed E-state index contributed by atoms with van der Waals surface area (Å²) in [6.45, 7) is 4.32. The van der Waals surface area contributed by atoms with Crippen molar-refractivity contribution in [2.24, 2.45) is 5.73 Å². The van der Waals surface area contributed by atoms with E-state index in [1.807, 2.05) is 19.9 Å². The van der Waals surface area contributed by atoms with E-state index in [0.717, 1.165) is 4.88 Å².